The summed E-state index contributed by atoms with van der Waals surface area (Å²) < 4.78 is 6.01. The zero-order valence-electron chi connectivity index (χ0n) is 8.44. The van der Waals surface area contributed by atoms with Crippen LogP contribution in [0.5, 0.6) is 0 Å². The summed E-state index contributed by atoms with van der Waals surface area (Å²) >= 11 is 3.27. The van der Waals surface area contributed by atoms with Crippen molar-refractivity contribution in [1.29, 1.82) is 5.26 Å². The van der Waals surface area contributed by atoms with E-state index in [4.69, 9.17) is 10.00 Å². The fourth-order valence-corrected chi connectivity index (χ4v) is 1.92. The number of H-pyrrole nitrogens is 1. The number of aromatic amines is 1. The molecule has 1 amide bonds. The quantitative estimate of drug-likeness (QED) is 0.840. The molecule has 1 atom stereocenters. The molecule has 16 heavy (non-hydrogen) atoms. The van der Waals surface area contributed by atoms with E-state index in [1.807, 2.05) is 6.07 Å². The number of rotatable bonds is 1. The summed E-state index contributed by atoms with van der Waals surface area (Å²) in [7, 11) is 0. The van der Waals surface area contributed by atoms with Gasteiger partial charge in [-0.05, 0) is 22.0 Å². The molecule has 2 rings (SSSR count). The fraction of sp³-hybridized carbons (Fsp3) is 0.400. The van der Waals surface area contributed by atoms with Gasteiger partial charge < -0.3 is 14.6 Å². The van der Waals surface area contributed by atoms with Gasteiger partial charge in [0.2, 0.25) is 0 Å². The molecular weight excluding hydrogens is 274 g/mol. The standard InChI is InChI=1S/C10H10BrN3O2/c11-7-3-9(13-5-7)10(15)14-1-2-16-8(4-12)6-14/h3,5,8,13H,1-2,6H2. The zero-order chi connectivity index (χ0) is 11.5. The van der Waals surface area contributed by atoms with Crippen molar-refractivity contribution in [3.05, 3.63) is 22.4 Å². The van der Waals surface area contributed by atoms with Crippen molar-refractivity contribution in [3.63, 3.8) is 0 Å². The molecule has 84 valence electrons. The summed E-state index contributed by atoms with van der Waals surface area (Å²) in [6.07, 6.45) is 1.19. The number of hydrogen-bond donors (Lipinski definition) is 1. The van der Waals surface area contributed by atoms with Crippen molar-refractivity contribution in [2.45, 2.75) is 6.10 Å². The number of carbonyl (C=O) groups is 1. The second kappa shape index (κ2) is 4.68. The first-order chi connectivity index (χ1) is 7.70. The van der Waals surface area contributed by atoms with Gasteiger partial charge >= 0.3 is 0 Å². The Hall–Kier alpha value is -1.32. The van der Waals surface area contributed by atoms with Crippen molar-refractivity contribution in [3.8, 4) is 6.07 Å². The third-order valence-corrected chi connectivity index (χ3v) is 2.83. The largest absolute Gasteiger partial charge is 0.360 e. The van der Waals surface area contributed by atoms with Gasteiger partial charge in [0.05, 0.1) is 19.2 Å². The Labute approximate surface area is 101 Å². The highest BCUT2D eigenvalue weighted by molar-refractivity contribution is 9.10. The van der Waals surface area contributed by atoms with E-state index in [0.29, 0.717) is 25.4 Å². The predicted molar refractivity (Wildman–Crippen MR) is 59.7 cm³/mol. The number of ether oxygens (including phenoxy) is 1. The molecule has 1 aromatic rings. The van der Waals surface area contributed by atoms with Crippen LogP contribution < -0.4 is 0 Å². The maximum atomic E-state index is 12.0. The Bertz CT molecular complexity index is 438. The van der Waals surface area contributed by atoms with Crippen molar-refractivity contribution < 1.29 is 9.53 Å². The lowest BCUT2D eigenvalue weighted by atomic mass is 10.2. The highest BCUT2D eigenvalue weighted by Crippen LogP contribution is 2.14. The molecule has 1 aliphatic heterocycles. The first-order valence-electron chi connectivity index (χ1n) is 4.85. The minimum Gasteiger partial charge on any atom is -0.360 e. The molecule has 0 spiro atoms. The smallest absolute Gasteiger partial charge is 0.270 e. The summed E-state index contributed by atoms with van der Waals surface area (Å²) in [6.45, 7) is 1.26. The van der Waals surface area contributed by atoms with Gasteiger partial charge in [0.15, 0.2) is 6.10 Å². The number of carbonyl (C=O) groups excluding carboxylic acids is 1. The summed E-state index contributed by atoms with van der Waals surface area (Å²) in [5.41, 5.74) is 0.519. The lowest BCUT2D eigenvalue weighted by Gasteiger charge is -2.29. The van der Waals surface area contributed by atoms with Gasteiger partial charge in [-0.15, -0.1) is 0 Å². The normalized spacial score (nSPS) is 20.5. The van der Waals surface area contributed by atoms with Crippen molar-refractivity contribution in [2.75, 3.05) is 19.7 Å². The Morgan fingerprint density at radius 1 is 1.75 bits per heavy atom. The van der Waals surface area contributed by atoms with E-state index >= 15 is 0 Å². The number of nitriles is 1. The number of hydrogen-bond acceptors (Lipinski definition) is 3. The van der Waals surface area contributed by atoms with Crippen molar-refractivity contribution in [1.82, 2.24) is 9.88 Å². The SMILES string of the molecule is N#CC1CN(C(=O)c2cc(Br)c[nH]2)CCO1. The third-order valence-electron chi connectivity index (χ3n) is 2.38. The van der Waals surface area contributed by atoms with Crippen molar-refractivity contribution in [2.24, 2.45) is 0 Å². The van der Waals surface area contributed by atoms with Gasteiger partial charge in [-0.1, -0.05) is 0 Å². The molecule has 0 saturated carbocycles. The number of amides is 1. The minimum absolute atomic E-state index is 0.103. The van der Waals surface area contributed by atoms with Crippen LogP contribution in [0.3, 0.4) is 0 Å². The van der Waals surface area contributed by atoms with Gasteiger partial charge in [-0.2, -0.15) is 5.26 Å². The van der Waals surface area contributed by atoms with E-state index in [1.165, 1.54) is 0 Å². The third kappa shape index (κ3) is 2.26. The van der Waals surface area contributed by atoms with E-state index < -0.39 is 6.10 Å². The number of nitrogens with zero attached hydrogens (tertiary/aromatic N) is 2. The number of morpholine rings is 1. The van der Waals surface area contributed by atoms with Gasteiger partial charge in [0.1, 0.15) is 5.69 Å². The zero-order valence-corrected chi connectivity index (χ0v) is 10.0. The molecule has 1 saturated heterocycles. The maximum absolute atomic E-state index is 12.0. The van der Waals surface area contributed by atoms with Crippen LogP contribution in [0.25, 0.3) is 0 Å². The first kappa shape index (κ1) is 11.2. The van der Waals surface area contributed by atoms with Gasteiger partial charge in [-0.25, -0.2) is 0 Å². The molecular formula is C10H10BrN3O2. The lowest BCUT2D eigenvalue weighted by Crippen LogP contribution is -2.45. The molecule has 0 bridgehead atoms. The molecule has 1 N–H and O–H groups in total. The van der Waals surface area contributed by atoms with Crippen LogP contribution in [0.15, 0.2) is 16.7 Å². The van der Waals surface area contributed by atoms with E-state index in [-0.39, 0.29) is 5.91 Å². The Balaban J connectivity index is 2.08. The molecule has 0 aliphatic carbocycles. The second-order valence-corrected chi connectivity index (χ2v) is 4.39. The highest BCUT2D eigenvalue weighted by atomic mass is 79.9. The number of nitrogens with one attached hydrogen (secondary N) is 1. The van der Waals surface area contributed by atoms with Gasteiger partial charge in [0.25, 0.3) is 5.91 Å². The van der Waals surface area contributed by atoms with Crippen LogP contribution in [-0.2, 0) is 4.74 Å². The number of halogens is 1. The van der Waals surface area contributed by atoms with Crippen LogP contribution in [0.4, 0.5) is 0 Å². The summed E-state index contributed by atoms with van der Waals surface area (Å²) in [6, 6.07) is 3.73. The monoisotopic (exact) mass is 283 g/mol. The Morgan fingerprint density at radius 3 is 3.19 bits per heavy atom. The molecule has 0 aromatic carbocycles. The molecule has 0 radical (unpaired) electrons. The second-order valence-electron chi connectivity index (χ2n) is 3.47. The van der Waals surface area contributed by atoms with E-state index in [2.05, 4.69) is 20.9 Å². The topological polar surface area (TPSA) is 69.1 Å². The van der Waals surface area contributed by atoms with Crippen LogP contribution in [0, 0.1) is 11.3 Å². The Morgan fingerprint density at radius 2 is 2.56 bits per heavy atom. The molecule has 1 aliphatic rings. The van der Waals surface area contributed by atoms with Crippen LogP contribution in [0.2, 0.25) is 0 Å². The summed E-state index contributed by atoms with van der Waals surface area (Å²) in [5.74, 6) is -0.103. The molecule has 6 heteroatoms. The van der Waals surface area contributed by atoms with Crippen LogP contribution in [0.1, 0.15) is 10.5 Å². The average molecular weight is 284 g/mol. The minimum atomic E-state index is -0.517. The van der Waals surface area contributed by atoms with Gasteiger partial charge in [-0.3, -0.25) is 4.79 Å². The van der Waals surface area contributed by atoms with E-state index in [9.17, 15) is 4.79 Å². The van der Waals surface area contributed by atoms with Gasteiger partial charge in [0, 0.05) is 17.2 Å². The predicted octanol–water partition coefficient (Wildman–Crippen LogP) is 1.14. The molecule has 1 aromatic heterocycles. The summed E-state index contributed by atoms with van der Waals surface area (Å²) in [5, 5.41) is 8.74. The van der Waals surface area contributed by atoms with E-state index in [0.717, 1.165) is 4.47 Å². The molecule has 1 fully saturated rings. The molecule has 2 heterocycles. The summed E-state index contributed by atoms with van der Waals surface area (Å²) in [4.78, 5) is 16.5. The molecule has 1 unspecified atom stereocenters. The Kier molecular flexibility index (Phi) is 3.27. The highest BCUT2D eigenvalue weighted by Gasteiger charge is 2.25. The molecule has 5 nitrogen and oxygen atoms in total. The average Bonchev–Trinajstić information content (AvgIpc) is 2.75. The maximum Gasteiger partial charge on any atom is 0.270 e. The number of aromatic nitrogens is 1. The first-order valence-corrected chi connectivity index (χ1v) is 5.64. The lowest BCUT2D eigenvalue weighted by molar-refractivity contribution is 0.00323. The van der Waals surface area contributed by atoms with Crippen LogP contribution >= 0.6 is 15.9 Å². The van der Waals surface area contributed by atoms with E-state index in [1.54, 1.807) is 17.2 Å². The van der Waals surface area contributed by atoms with Crippen LogP contribution in [-0.4, -0.2) is 41.6 Å². The van der Waals surface area contributed by atoms with Crippen molar-refractivity contribution >= 4 is 21.8 Å². The fourth-order valence-electron chi connectivity index (χ4n) is 1.57.